The molecule has 174 valence electrons. The zero-order valence-electron chi connectivity index (χ0n) is 17.8. The maximum atomic E-state index is 12.9. The van der Waals surface area contributed by atoms with Gasteiger partial charge in [-0.25, -0.2) is 9.59 Å². The van der Waals surface area contributed by atoms with Crippen molar-refractivity contribution in [3.8, 4) is 5.75 Å². The van der Waals surface area contributed by atoms with Gasteiger partial charge in [-0.2, -0.15) is 0 Å². The molecule has 1 saturated heterocycles. The molecule has 1 heterocycles. The van der Waals surface area contributed by atoms with Gasteiger partial charge in [-0.1, -0.05) is 11.6 Å². The Morgan fingerprint density at radius 3 is 2.52 bits per heavy atom. The predicted octanol–water partition coefficient (Wildman–Crippen LogP) is 4.51. The number of nitrogens with one attached hydrogen (secondary N) is 1. The topological polar surface area (TPSA) is 77.1 Å². The smallest absolute Gasteiger partial charge is 0.462 e. The first-order valence-corrected chi connectivity index (χ1v) is 10.1. The van der Waals surface area contributed by atoms with Gasteiger partial charge in [-0.15, -0.1) is 13.2 Å². The van der Waals surface area contributed by atoms with E-state index in [1.165, 1.54) is 6.07 Å². The number of hydrogen-bond donors (Lipinski definition) is 1. The van der Waals surface area contributed by atoms with Crippen LogP contribution < -0.4 is 10.1 Å². The quantitative estimate of drug-likeness (QED) is 0.621. The number of halogens is 4. The highest BCUT2D eigenvalue weighted by Gasteiger charge is 2.34. The van der Waals surface area contributed by atoms with Crippen molar-refractivity contribution in [3.63, 3.8) is 0 Å². The van der Waals surface area contributed by atoms with Crippen molar-refractivity contribution in [3.05, 3.63) is 28.3 Å². The molecule has 1 aliphatic rings. The van der Waals surface area contributed by atoms with Crippen molar-refractivity contribution in [2.45, 2.75) is 58.7 Å². The average Bonchev–Trinajstić information content (AvgIpc) is 3.01. The van der Waals surface area contributed by atoms with E-state index in [0.29, 0.717) is 19.5 Å². The molecule has 11 heteroatoms. The van der Waals surface area contributed by atoms with Crippen molar-refractivity contribution < 1.29 is 37.0 Å². The Morgan fingerprint density at radius 1 is 1.26 bits per heavy atom. The summed E-state index contributed by atoms with van der Waals surface area (Å²) < 4.78 is 53.0. The number of carbonyl (C=O) groups is 2. The highest BCUT2D eigenvalue weighted by molar-refractivity contribution is 6.32. The van der Waals surface area contributed by atoms with Crippen LogP contribution in [0.3, 0.4) is 0 Å². The van der Waals surface area contributed by atoms with Gasteiger partial charge < -0.3 is 19.5 Å². The summed E-state index contributed by atoms with van der Waals surface area (Å²) in [6.07, 6.45) is -4.93. The maximum absolute atomic E-state index is 12.9. The van der Waals surface area contributed by atoms with Gasteiger partial charge in [0.25, 0.3) is 0 Å². The van der Waals surface area contributed by atoms with Crippen LogP contribution in [0.25, 0.3) is 0 Å². The number of likely N-dealkylation sites (tertiary alicyclic amines) is 1. The Morgan fingerprint density at radius 2 is 1.94 bits per heavy atom. The average molecular weight is 467 g/mol. The Hall–Kier alpha value is -2.20. The van der Waals surface area contributed by atoms with Crippen LogP contribution in [0.2, 0.25) is 5.02 Å². The molecule has 0 radical (unpaired) electrons. The number of alkyl halides is 3. The van der Waals surface area contributed by atoms with Gasteiger partial charge in [0.15, 0.2) is 0 Å². The standard InChI is InChI=1S/C20H26ClF3N2O5/c1-5-29-17(27)12-8-15(21)14(16(9-12)30-20(22,23)24)11-26-7-6-13(10-26)25-18(28)31-19(2,3)4/h8-9,13H,5-7,10-11H2,1-4H3,(H,25,28)/t13-/m1/s1. The second-order valence-electron chi connectivity index (χ2n) is 8.07. The molecule has 1 N–H and O–H groups in total. The van der Waals surface area contributed by atoms with Crippen LogP contribution in [0.4, 0.5) is 18.0 Å². The molecule has 1 amide bonds. The summed E-state index contributed by atoms with van der Waals surface area (Å²) in [5.74, 6) is -1.36. The highest BCUT2D eigenvalue weighted by atomic mass is 35.5. The molecule has 0 spiro atoms. The first-order chi connectivity index (χ1) is 14.3. The third-order valence-electron chi connectivity index (χ3n) is 4.27. The summed E-state index contributed by atoms with van der Waals surface area (Å²) >= 11 is 6.21. The minimum absolute atomic E-state index is 0.0415. The fourth-order valence-corrected chi connectivity index (χ4v) is 3.38. The van der Waals surface area contributed by atoms with E-state index in [1.807, 2.05) is 4.90 Å². The van der Waals surface area contributed by atoms with Crippen LogP contribution in [0.15, 0.2) is 12.1 Å². The lowest BCUT2D eigenvalue weighted by atomic mass is 10.1. The summed E-state index contributed by atoms with van der Waals surface area (Å²) in [6.45, 7) is 7.83. The largest absolute Gasteiger partial charge is 0.573 e. The van der Waals surface area contributed by atoms with Crippen LogP contribution in [0.5, 0.6) is 5.75 Å². The molecule has 1 aromatic carbocycles. The Balaban J connectivity index is 2.14. The van der Waals surface area contributed by atoms with Gasteiger partial charge in [0, 0.05) is 36.3 Å². The lowest BCUT2D eigenvalue weighted by Crippen LogP contribution is -2.40. The highest BCUT2D eigenvalue weighted by Crippen LogP contribution is 2.34. The molecule has 0 saturated carbocycles. The van der Waals surface area contributed by atoms with Crippen molar-refractivity contribution in [2.24, 2.45) is 0 Å². The van der Waals surface area contributed by atoms with Crippen molar-refractivity contribution in [1.29, 1.82) is 0 Å². The van der Waals surface area contributed by atoms with Gasteiger partial charge in [-0.3, -0.25) is 4.90 Å². The molecule has 1 atom stereocenters. The number of carbonyl (C=O) groups excluding carboxylic acids is 2. The van der Waals surface area contributed by atoms with E-state index >= 15 is 0 Å². The summed E-state index contributed by atoms with van der Waals surface area (Å²) in [5.41, 5.74) is -0.689. The van der Waals surface area contributed by atoms with Crippen LogP contribution >= 0.6 is 11.6 Å². The SMILES string of the molecule is CCOC(=O)c1cc(Cl)c(CN2CC[C@@H](NC(=O)OC(C)(C)C)C2)c(OC(F)(F)F)c1. The van der Waals surface area contributed by atoms with Crippen LogP contribution in [-0.2, 0) is 16.0 Å². The molecule has 0 aliphatic carbocycles. The molecule has 1 aliphatic heterocycles. The lowest BCUT2D eigenvalue weighted by Gasteiger charge is -2.23. The summed E-state index contributed by atoms with van der Waals surface area (Å²) in [4.78, 5) is 25.7. The van der Waals surface area contributed by atoms with E-state index in [2.05, 4.69) is 10.1 Å². The predicted molar refractivity (Wildman–Crippen MR) is 107 cm³/mol. The summed E-state index contributed by atoms with van der Waals surface area (Å²) in [7, 11) is 0. The number of ether oxygens (including phenoxy) is 3. The van der Waals surface area contributed by atoms with Crippen LogP contribution in [-0.4, -0.2) is 54.7 Å². The number of hydrogen-bond acceptors (Lipinski definition) is 6. The molecule has 0 unspecified atom stereocenters. The second kappa shape index (κ2) is 9.95. The summed E-state index contributed by atoms with van der Waals surface area (Å²) in [6, 6.07) is 2.00. The third kappa shape index (κ3) is 8.10. The monoisotopic (exact) mass is 466 g/mol. The Bertz CT molecular complexity index is 811. The molecule has 1 fully saturated rings. The van der Waals surface area contributed by atoms with Crippen molar-refractivity contribution in [2.75, 3.05) is 19.7 Å². The normalized spacial score (nSPS) is 17.4. The van der Waals surface area contributed by atoms with Crippen LogP contribution in [0, 0.1) is 0 Å². The van der Waals surface area contributed by atoms with Crippen molar-refractivity contribution in [1.82, 2.24) is 10.2 Å². The van der Waals surface area contributed by atoms with Gasteiger partial charge in [-0.05, 0) is 46.2 Å². The van der Waals surface area contributed by atoms with Crippen molar-refractivity contribution >= 4 is 23.7 Å². The molecule has 0 aromatic heterocycles. The number of alkyl carbamates (subject to hydrolysis) is 1. The number of esters is 1. The third-order valence-corrected chi connectivity index (χ3v) is 4.60. The number of rotatable bonds is 6. The number of nitrogens with zero attached hydrogens (tertiary/aromatic N) is 1. The van der Waals surface area contributed by atoms with E-state index in [9.17, 15) is 22.8 Å². The molecule has 7 nitrogen and oxygen atoms in total. The van der Waals surface area contributed by atoms with E-state index in [0.717, 1.165) is 6.07 Å². The van der Waals surface area contributed by atoms with E-state index in [-0.39, 0.29) is 35.3 Å². The fraction of sp³-hybridized carbons (Fsp3) is 0.600. The van der Waals surface area contributed by atoms with Gasteiger partial charge >= 0.3 is 18.4 Å². The molecule has 1 aromatic rings. The minimum Gasteiger partial charge on any atom is -0.462 e. The summed E-state index contributed by atoms with van der Waals surface area (Å²) in [5, 5.41) is 2.70. The fourth-order valence-electron chi connectivity index (χ4n) is 3.10. The lowest BCUT2D eigenvalue weighted by molar-refractivity contribution is -0.275. The second-order valence-corrected chi connectivity index (χ2v) is 8.48. The van der Waals surface area contributed by atoms with Gasteiger partial charge in [0.1, 0.15) is 11.4 Å². The Kier molecular flexibility index (Phi) is 8.04. The number of benzene rings is 1. The first kappa shape index (κ1) is 25.1. The maximum Gasteiger partial charge on any atom is 0.573 e. The van der Waals surface area contributed by atoms with E-state index in [1.54, 1.807) is 27.7 Å². The molecule has 2 rings (SSSR count). The molecular weight excluding hydrogens is 441 g/mol. The minimum atomic E-state index is -4.96. The first-order valence-electron chi connectivity index (χ1n) is 9.74. The molecule has 31 heavy (non-hydrogen) atoms. The van der Waals surface area contributed by atoms with Gasteiger partial charge in [0.05, 0.1) is 12.2 Å². The zero-order chi connectivity index (χ0) is 23.4. The van der Waals surface area contributed by atoms with Gasteiger partial charge in [0.2, 0.25) is 0 Å². The molecular formula is C20H26ClF3N2O5. The zero-order valence-corrected chi connectivity index (χ0v) is 18.5. The number of amides is 1. The van der Waals surface area contributed by atoms with Crippen LogP contribution in [0.1, 0.15) is 50.0 Å². The van der Waals surface area contributed by atoms with E-state index in [4.69, 9.17) is 21.1 Å². The Labute approximate surface area is 183 Å². The van der Waals surface area contributed by atoms with E-state index < -0.39 is 29.8 Å². The molecule has 0 bridgehead atoms.